The first-order chi connectivity index (χ1) is 13.4. The summed E-state index contributed by atoms with van der Waals surface area (Å²) in [6.45, 7) is 3.69. The van der Waals surface area contributed by atoms with Gasteiger partial charge < -0.3 is 19.3 Å². The molecule has 0 heterocycles. The van der Waals surface area contributed by atoms with E-state index in [4.69, 9.17) is 14.2 Å². The SMILES string of the molecule is COc1ccccc1NC(=O)OCc1ccc(CC(OC(C)C)C(=O)O)cc1. The Morgan fingerprint density at radius 1 is 1.04 bits per heavy atom. The van der Waals surface area contributed by atoms with Crippen LogP contribution in [0.1, 0.15) is 25.0 Å². The van der Waals surface area contributed by atoms with Crippen LogP contribution in [0.2, 0.25) is 0 Å². The van der Waals surface area contributed by atoms with Crippen LogP contribution in [0.5, 0.6) is 5.75 Å². The van der Waals surface area contributed by atoms with Gasteiger partial charge in [0.1, 0.15) is 12.4 Å². The van der Waals surface area contributed by atoms with Crippen LogP contribution in [0.3, 0.4) is 0 Å². The van der Waals surface area contributed by atoms with E-state index in [-0.39, 0.29) is 19.1 Å². The summed E-state index contributed by atoms with van der Waals surface area (Å²) in [4.78, 5) is 23.3. The molecule has 0 bridgehead atoms. The highest BCUT2D eigenvalue weighted by atomic mass is 16.5. The molecule has 7 nitrogen and oxygen atoms in total. The van der Waals surface area contributed by atoms with Gasteiger partial charge in [-0.15, -0.1) is 0 Å². The zero-order valence-electron chi connectivity index (χ0n) is 16.2. The molecular formula is C21H25NO6. The van der Waals surface area contributed by atoms with Gasteiger partial charge in [0.05, 0.1) is 18.9 Å². The quantitative estimate of drug-likeness (QED) is 0.678. The molecule has 2 aromatic carbocycles. The van der Waals surface area contributed by atoms with E-state index in [1.807, 2.05) is 0 Å². The monoisotopic (exact) mass is 387 g/mol. The summed E-state index contributed by atoms with van der Waals surface area (Å²) < 4.78 is 15.8. The summed E-state index contributed by atoms with van der Waals surface area (Å²) in [6.07, 6.45) is -1.39. The highest BCUT2D eigenvalue weighted by molar-refractivity contribution is 5.86. The lowest BCUT2D eigenvalue weighted by atomic mass is 10.1. The molecule has 1 atom stereocenters. The maximum atomic E-state index is 12.0. The number of carboxylic acids is 1. The second-order valence-electron chi connectivity index (χ2n) is 6.43. The summed E-state index contributed by atoms with van der Waals surface area (Å²) in [5.74, 6) is -0.450. The van der Waals surface area contributed by atoms with E-state index >= 15 is 0 Å². The Balaban J connectivity index is 1.88. The highest BCUT2D eigenvalue weighted by Gasteiger charge is 2.20. The predicted molar refractivity (Wildman–Crippen MR) is 105 cm³/mol. The number of hydrogen-bond acceptors (Lipinski definition) is 5. The highest BCUT2D eigenvalue weighted by Crippen LogP contribution is 2.23. The Labute approximate surface area is 164 Å². The van der Waals surface area contributed by atoms with Crippen LogP contribution in [0.15, 0.2) is 48.5 Å². The van der Waals surface area contributed by atoms with Crippen molar-refractivity contribution in [3.05, 3.63) is 59.7 Å². The maximum absolute atomic E-state index is 12.0. The van der Waals surface area contributed by atoms with Crippen molar-refractivity contribution >= 4 is 17.7 Å². The summed E-state index contributed by atoms with van der Waals surface area (Å²) in [6, 6.07) is 14.2. The molecule has 0 spiro atoms. The van der Waals surface area contributed by atoms with Crippen LogP contribution < -0.4 is 10.1 Å². The molecule has 0 saturated heterocycles. The summed E-state index contributed by atoms with van der Waals surface area (Å²) >= 11 is 0. The molecule has 2 N–H and O–H groups in total. The molecule has 0 aliphatic heterocycles. The standard InChI is InChI=1S/C21H25NO6/c1-14(2)28-19(20(23)24)12-15-8-10-16(11-9-15)13-27-21(25)22-17-6-4-5-7-18(17)26-3/h4-11,14,19H,12-13H2,1-3H3,(H,22,25)(H,23,24). The Hall–Kier alpha value is -3.06. The van der Waals surface area contributed by atoms with Crippen molar-refractivity contribution in [2.75, 3.05) is 12.4 Å². The molecule has 7 heteroatoms. The number of hydrogen-bond donors (Lipinski definition) is 2. The first kappa shape index (κ1) is 21.2. The number of anilines is 1. The van der Waals surface area contributed by atoms with Gasteiger partial charge in [-0.3, -0.25) is 5.32 Å². The Morgan fingerprint density at radius 3 is 2.29 bits per heavy atom. The Bertz CT molecular complexity index is 788. The van der Waals surface area contributed by atoms with Crippen LogP contribution in [-0.2, 0) is 27.3 Å². The number of rotatable bonds is 9. The van der Waals surface area contributed by atoms with Gasteiger partial charge in [-0.2, -0.15) is 0 Å². The minimum atomic E-state index is -0.992. The van der Waals surface area contributed by atoms with E-state index < -0.39 is 18.2 Å². The van der Waals surface area contributed by atoms with Gasteiger partial charge in [0.15, 0.2) is 6.10 Å². The van der Waals surface area contributed by atoms with Crippen molar-refractivity contribution in [1.29, 1.82) is 0 Å². The summed E-state index contributed by atoms with van der Waals surface area (Å²) in [7, 11) is 1.52. The number of ether oxygens (including phenoxy) is 3. The fraction of sp³-hybridized carbons (Fsp3) is 0.333. The Morgan fingerprint density at radius 2 is 1.68 bits per heavy atom. The van der Waals surface area contributed by atoms with Crippen molar-refractivity contribution in [3.63, 3.8) is 0 Å². The number of carbonyl (C=O) groups is 2. The van der Waals surface area contributed by atoms with Crippen LogP contribution >= 0.6 is 0 Å². The third-order valence-electron chi connectivity index (χ3n) is 3.87. The normalized spacial score (nSPS) is 11.7. The smallest absolute Gasteiger partial charge is 0.412 e. The van der Waals surface area contributed by atoms with Gasteiger partial charge in [-0.1, -0.05) is 36.4 Å². The van der Waals surface area contributed by atoms with Crippen molar-refractivity contribution in [1.82, 2.24) is 0 Å². The minimum Gasteiger partial charge on any atom is -0.495 e. The van der Waals surface area contributed by atoms with Crippen LogP contribution in [0, 0.1) is 0 Å². The van der Waals surface area contributed by atoms with Gasteiger partial charge in [0, 0.05) is 6.42 Å². The molecule has 0 saturated carbocycles. The van der Waals surface area contributed by atoms with E-state index in [2.05, 4.69) is 5.32 Å². The minimum absolute atomic E-state index is 0.0894. The van der Waals surface area contributed by atoms with Crippen molar-refractivity contribution in [2.45, 2.75) is 39.1 Å². The average Bonchev–Trinajstić information content (AvgIpc) is 2.67. The molecule has 28 heavy (non-hydrogen) atoms. The number of amides is 1. The molecule has 0 radical (unpaired) electrons. The topological polar surface area (TPSA) is 94.1 Å². The molecule has 2 aromatic rings. The molecule has 0 aliphatic carbocycles. The number of benzene rings is 2. The molecule has 150 valence electrons. The number of nitrogens with one attached hydrogen (secondary N) is 1. The van der Waals surface area contributed by atoms with Crippen molar-refractivity contribution in [2.24, 2.45) is 0 Å². The molecule has 0 fully saturated rings. The lowest BCUT2D eigenvalue weighted by molar-refractivity contribution is -0.153. The molecule has 1 unspecified atom stereocenters. The van der Waals surface area contributed by atoms with Crippen LogP contribution in [-0.4, -0.2) is 36.5 Å². The zero-order chi connectivity index (χ0) is 20.5. The largest absolute Gasteiger partial charge is 0.495 e. The van der Waals surface area contributed by atoms with Crippen molar-refractivity contribution < 1.29 is 28.9 Å². The van der Waals surface area contributed by atoms with Gasteiger partial charge in [-0.25, -0.2) is 9.59 Å². The maximum Gasteiger partial charge on any atom is 0.412 e. The van der Waals surface area contributed by atoms with E-state index in [9.17, 15) is 14.7 Å². The average molecular weight is 387 g/mol. The second-order valence-corrected chi connectivity index (χ2v) is 6.43. The molecule has 2 rings (SSSR count). The number of para-hydroxylation sites is 2. The second kappa shape index (κ2) is 10.3. The fourth-order valence-electron chi connectivity index (χ4n) is 2.55. The number of carbonyl (C=O) groups excluding carboxylic acids is 1. The van der Waals surface area contributed by atoms with Gasteiger partial charge in [0.2, 0.25) is 0 Å². The van der Waals surface area contributed by atoms with Crippen LogP contribution in [0.4, 0.5) is 10.5 Å². The predicted octanol–water partition coefficient (Wildman–Crippen LogP) is 3.86. The summed E-state index contributed by atoms with van der Waals surface area (Å²) in [5, 5.41) is 11.9. The number of methoxy groups -OCH3 is 1. The lowest BCUT2D eigenvalue weighted by Crippen LogP contribution is -2.29. The molecule has 1 amide bonds. The third kappa shape index (κ3) is 6.59. The van der Waals surface area contributed by atoms with Crippen molar-refractivity contribution in [3.8, 4) is 5.75 Å². The molecule has 0 aliphatic rings. The van der Waals surface area contributed by atoms with E-state index in [0.717, 1.165) is 11.1 Å². The summed E-state index contributed by atoms with van der Waals surface area (Å²) in [5.41, 5.74) is 2.14. The van der Waals surface area contributed by atoms with Gasteiger partial charge >= 0.3 is 12.1 Å². The van der Waals surface area contributed by atoms with Crippen LogP contribution in [0.25, 0.3) is 0 Å². The zero-order valence-corrected chi connectivity index (χ0v) is 16.2. The van der Waals surface area contributed by atoms with E-state index in [1.165, 1.54) is 7.11 Å². The van der Waals surface area contributed by atoms with Gasteiger partial charge in [0.25, 0.3) is 0 Å². The molecule has 0 aromatic heterocycles. The Kier molecular flexibility index (Phi) is 7.83. The number of aliphatic carboxylic acids is 1. The first-order valence-corrected chi connectivity index (χ1v) is 8.92. The van der Waals surface area contributed by atoms with E-state index in [1.54, 1.807) is 62.4 Å². The molecular weight excluding hydrogens is 362 g/mol. The lowest BCUT2D eigenvalue weighted by Gasteiger charge is -2.16. The van der Waals surface area contributed by atoms with Gasteiger partial charge in [-0.05, 0) is 37.1 Å². The van der Waals surface area contributed by atoms with E-state index in [0.29, 0.717) is 11.4 Å². The fourth-order valence-corrected chi connectivity index (χ4v) is 2.55. The first-order valence-electron chi connectivity index (χ1n) is 8.92. The third-order valence-corrected chi connectivity index (χ3v) is 3.87. The number of carboxylic acid groups (broad SMARTS) is 1.